The van der Waals surface area contributed by atoms with Crippen molar-refractivity contribution in [3.8, 4) is 0 Å². The second-order valence-corrected chi connectivity index (χ2v) is 2.01. The molecule has 0 saturated carbocycles. The Morgan fingerprint density at radius 3 is 1.55 bits per heavy atom. The van der Waals surface area contributed by atoms with Gasteiger partial charge in [0, 0.05) is 0 Å². The fraction of sp³-hybridized carbons (Fsp3) is 0. The van der Waals surface area contributed by atoms with Gasteiger partial charge in [-0.25, -0.2) is 9.36 Å². The van der Waals surface area contributed by atoms with Gasteiger partial charge in [-0.2, -0.15) is 0 Å². The maximum atomic E-state index is 9.53. The third kappa shape index (κ3) is 24.6. The van der Waals surface area contributed by atoms with Gasteiger partial charge in [0.05, 0.1) is 0 Å². The van der Waals surface area contributed by atoms with Crippen molar-refractivity contribution in [2.75, 3.05) is 0 Å². The molecule has 6 nitrogen and oxygen atoms in total. The van der Waals surface area contributed by atoms with E-state index in [0.29, 0.717) is 0 Å². The summed E-state index contributed by atoms with van der Waals surface area (Å²) >= 11 is 0. The Kier molecular flexibility index (Phi) is 24.6. The Labute approximate surface area is 160 Å². The molecule has 0 rings (SSSR count). The minimum absolute atomic E-state index is 0. The average Bonchev–Trinajstić information content (AvgIpc) is 1.21. The number of hydrogen-bond donors (Lipinski definition) is 3. The molecule has 0 aromatic carbocycles. The molecule has 0 aromatic rings. The van der Waals surface area contributed by atoms with Gasteiger partial charge in [0.15, 0.2) is 0 Å². The Balaban J connectivity index is -0.0000000817. The number of phosphoric acid groups is 1. The summed E-state index contributed by atoms with van der Waals surface area (Å²) in [6, 6.07) is 0. The zero-order valence-corrected chi connectivity index (χ0v) is 4.41. The van der Waals surface area contributed by atoms with E-state index in [9.17, 15) is 9.36 Å². The molecule has 0 unspecified atom stereocenters. The van der Waals surface area contributed by atoms with Crippen molar-refractivity contribution in [2.24, 2.45) is 0 Å². The van der Waals surface area contributed by atoms with Gasteiger partial charge in [0.1, 0.15) is 0 Å². The van der Waals surface area contributed by atoms with E-state index in [2.05, 4.69) is 4.52 Å². The number of hydrogen-bond acceptors (Lipinski definition) is 3. The molecule has 0 aliphatic rings. The molecule has 0 atom stereocenters. The van der Waals surface area contributed by atoms with Crippen LogP contribution in [0.25, 0.3) is 0 Å². The van der Waals surface area contributed by atoms with E-state index in [1.807, 2.05) is 0 Å². The molecule has 3 N–H and O–H groups in total. The van der Waals surface area contributed by atoms with Gasteiger partial charge < -0.3 is 9.63 Å². The molecule has 0 heterocycles. The van der Waals surface area contributed by atoms with Crippen LogP contribution in [-0.2, 0) is 9.09 Å². The van der Waals surface area contributed by atoms with Gasteiger partial charge in [-0.3, -0.25) is 9.79 Å². The molecule has 0 saturated heterocycles. The Morgan fingerprint density at radius 1 is 1.27 bits per heavy atom. The monoisotopic (exact) mass is 230 g/mol. The summed E-state index contributed by atoms with van der Waals surface area (Å²) < 4.78 is 12.6. The van der Waals surface area contributed by atoms with Crippen LogP contribution in [-0.4, -0.2) is 143 Å². The van der Waals surface area contributed by atoms with E-state index in [4.69, 9.17) is 14.9 Å². The summed E-state index contributed by atoms with van der Waals surface area (Å²) in [6.45, 7) is 0. The van der Waals surface area contributed by atoms with Crippen LogP contribution in [0.5, 0.6) is 0 Å². The molecular weight excluding hydrogens is 224 g/mol. The van der Waals surface area contributed by atoms with Crippen LogP contribution in [0.15, 0.2) is 0 Å². The summed E-state index contributed by atoms with van der Waals surface area (Å²) in [6.07, 6.45) is -1.99. The summed E-state index contributed by atoms with van der Waals surface area (Å²) in [5.74, 6) is 0. The van der Waals surface area contributed by atoms with Crippen LogP contribution in [0.4, 0.5) is 4.79 Å². The van der Waals surface area contributed by atoms with Crippen molar-refractivity contribution in [1.82, 2.24) is 0 Å². The van der Waals surface area contributed by atoms with Gasteiger partial charge in [0.25, 0.3) is 0 Å². The molecule has 0 aliphatic heterocycles. The molecule has 0 bridgehead atoms. The van der Waals surface area contributed by atoms with Crippen LogP contribution in [0, 0.1) is 0 Å². The van der Waals surface area contributed by atoms with Gasteiger partial charge in [-0.05, 0) is 0 Å². The number of phosphoric ester groups is 1. The zero-order chi connectivity index (χ0) is 6.78. The van der Waals surface area contributed by atoms with Gasteiger partial charge in [-0.15, -0.1) is 0 Å². The fourth-order valence-corrected chi connectivity index (χ4v) is 0.305. The topological polar surface area (TPSA) is 104 Å². The standard InChI is InChI=1S/CH3O6P.2K.Li.3H/c2-1(3)7-8(4,5)6;;;;;;/h(H,2,3)(H2,4,5,6);;;;;;. The minimum atomic E-state index is -4.82. The van der Waals surface area contributed by atoms with Crippen molar-refractivity contribution >= 4 is 136 Å². The Hall–Kier alpha value is 3.29. The van der Waals surface area contributed by atoms with E-state index in [1.165, 1.54) is 0 Å². The molecule has 0 radical (unpaired) electrons. The van der Waals surface area contributed by atoms with E-state index in [-0.39, 0.29) is 122 Å². The Bertz CT molecular complexity index is 144. The molecule has 0 amide bonds. The molecule has 0 aliphatic carbocycles. The van der Waals surface area contributed by atoms with Crippen molar-refractivity contribution in [3.63, 3.8) is 0 Å². The van der Waals surface area contributed by atoms with Crippen LogP contribution >= 0.6 is 7.82 Å². The molecule has 10 heteroatoms. The van der Waals surface area contributed by atoms with E-state index in [0.717, 1.165) is 0 Å². The second kappa shape index (κ2) is 11.4. The van der Waals surface area contributed by atoms with Crippen molar-refractivity contribution in [1.29, 1.82) is 0 Å². The molecule has 0 aromatic heterocycles. The number of carboxylic acid groups (broad SMARTS) is 1. The quantitative estimate of drug-likeness (QED) is 0.350. The predicted octanol–water partition coefficient (Wildman–Crippen LogP) is -2.17. The first-order valence-electron chi connectivity index (χ1n) is 1.40. The Morgan fingerprint density at radius 2 is 1.55 bits per heavy atom. The van der Waals surface area contributed by atoms with Crippen molar-refractivity contribution in [3.05, 3.63) is 0 Å². The first-order valence-corrected chi connectivity index (χ1v) is 2.93. The summed E-state index contributed by atoms with van der Waals surface area (Å²) in [5.41, 5.74) is 0. The summed E-state index contributed by atoms with van der Waals surface area (Å²) in [5, 5.41) is 7.53. The molecule has 54 valence electrons. The van der Waals surface area contributed by atoms with Crippen LogP contribution in [0.2, 0.25) is 0 Å². The summed E-state index contributed by atoms with van der Waals surface area (Å²) in [4.78, 5) is 24.7. The maximum absolute atomic E-state index is 9.53. The SMILES string of the molecule is O=C(O)OP(=O)(O)O.[KH].[KH].[LiH]. The predicted molar refractivity (Wildman–Crippen MR) is 42.6 cm³/mol. The number of carbonyl (C=O) groups is 1. The van der Waals surface area contributed by atoms with Gasteiger partial charge in [-0.1, -0.05) is 0 Å². The molecule has 11 heavy (non-hydrogen) atoms. The third-order valence-corrected chi connectivity index (χ3v) is 0.591. The van der Waals surface area contributed by atoms with Crippen molar-refractivity contribution < 1.29 is 28.8 Å². The van der Waals surface area contributed by atoms with E-state index in [1.54, 1.807) is 0 Å². The molecule has 0 spiro atoms. The molecular formula is CH6K2LiO6P. The van der Waals surface area contributed by atoms with Gasteiger partial charge in [0.2, 0.25) is 0 Å². The third-order valence-electron chi connectivity index (χ3n) is 0.197. The fourth-order valence-electron chi connectivity index (χ4n) is 0.102. The number of rotatable bonds is 1. The normalized spacial score (nSPS) is 7.82. The first-order chi connectivity index (χ1) is 3.42. The summed E-state index contributed by atoms with van der Waals surface area (Å²) in [7, 11) is -4.82. The van der Waals surface area contributed by atoms with E-state index >= 15 is 0 Å². The van der Waals surface area contributed by atoms with Gasteiger partial charge >= 0.3 is 136 Å². The van der Waals surface area contributed by atoms with Crippen LogP contribution in [0.1, 0.15) is 0 Å². The zero-order valence-electron chi connectivity index (χ0n) is 3.51. The second-order valence-electron chi connectivity index (χ2n) is 0.848. The van der Waals surface area contributed by atoms with Crippen LogP contribution < -0.4 is 0 Å². The first kappa shape index (κ1) is 23.8. The van der Waals surface area contributed by atoms with Crippen LogP contribution in [0.3, 0.4) is 0 Å². The molecule has 0 fully saturated rings. The van der Waals surface area contributed by atoms with E-state index < -0.39 is 14.0 Å². The average molecular weight is 230 g/mol. The van der Waals surface area contributed by atoms with Crippen molar-refractivity contribution in [2.45, 2.75) is 0 Å².